The van der Waals surface area contributed by atoms with E-state index in [1.54, 1.807) is 0 Å². The topological polar surface area (TPSA) is 96.5 Å². The number of carbonyl (C=O) groups excluding carboxylic acids is 1. The summed E-state index contributed by atoms with van der Waals surface area (Å²) >= 11 is 1.02. The largest absolute Gasteiger partial charge is 0.477 e. The Labute approximate surface area is 108 Å². The van der Waals surface area contributed by atoms with E-state index < -0.39 is 11.9 Å². The van der Waals surface area contributed by atoms with Gasteiger partial charge in [0.05, 0.1) is 0 Å². The zero-order valence-corrected chi connectivity index (χ0v) is 10.9. The average Bonchev–Trinajstić information content (AvgIpc) is 2.75. The van der Waals surface area contributed by atoms with E-state index >= 15 is 0 Å². The number of carboxylic acids is 1. The molecule has 0 aromatic carbocycles. The lowest BCUT2D eigenvalue weighted by Crippen LogP contribution is -2.32. The van der Waals surface area contributed by atoms with E-state index in [-0.39, 0.29) is 10.6 Å². The number of nitrogens with two attached hydrogens (primary N) is 1. The summed E-state index contributed by atoms with van der Waals surface area (Å²) in [6.07, 6.45) is 2.10. The summed E-state index contributed by atoms with van der Waals surface area (Å²) in [4.78, 5) is 28.2. The lowest BCUT2D eigenvalue weighted by molar-refractivity contribution is 0.0697. The molecule has 7 heteroatoms. The standard InChI is InChI=1S/C11H15N3O3S/c1-6-2-4-14(5-3-6)11-13-7(9(12)15)8(18-11)10(16)17/h6H,2-5H2,1H3,(H2,12,15)(H,16,17). The minimum atomic E-state index is -1.15. The number of primary amides is 1. The molecule has 18 heavy (non-hydrogen) atoms. The Balaban J connectivity index is 2.26. The van der Waals surface area contributed by atoms with Gasteiger partial charge in [0.2, 0.25) is 0 Å². The van der Waals surface area contributed by atoms with Gasteiger partial charge in [-0.25, -0.2) is 9.78 Å². The molecule has 2 rings (SSSR count). The van der Waals surface area contributed by atoms with Crippen molar-refractivity contribution in [1.29, 1.82) is 0 Å². The summed E-state index contributed by atoms with van der Waals surface area (Å²) in [5.74, 6) is -1.27. The van der Waals surface area contributed by atoms with Gasteiger partial charge in [0.1, 0.15) is 4.88 Å². The van der Waals surface area contributed by atoms with E-state index in [1.165, 1.54) is 0 Å². The predicted octanol–water partition coefficient (Wildman–Crippen LogP) is 1.18. The van der Waals surface area contributed by atoms with Crippen LogP contribution in [0.2, 0.25) is 0 Å². The van der Waals surface area contributed by atoms with Gasteiger partial charge in [0.25, 0.3) is 5.91 Å². The van der Waals surface area contributed by atoms with Crippen LogP contribution >= 0.6 is 11.3 Å². The van der Waals surface area contributed by atoms with Crippen LogP contribution in [0.15, 0.2) is 0 Å². The van der Waals surface area contributed by atoms with E-state index in [1.807, 2.05) is 4.90 Å². The van der Waals surface area contributed by atoms with Gasteiger partial charge in [0.15, 0.2) is 10.8 Å². The number of hydrogen-bond acceptors (Lipinski definition) is 5. The van der Waals surface area contributed by atoms with Crippen molar-refractivity contribution >= 4 is 28.3 Å². The first-order chi connectivity index (χ1) is 8.49. The van der Waals surface area contributed by atoms with Gasteiger partial charge in [-0.2, -0.15) is 0 Å². The van der Waals surface area contributed by atoms with Crippen LogP contribution in [0.4, 0.5) is 5.13 Å². The Morgan fingerprint density at radius 1 is 1.44 bits per heavy atom. The molecule has 0 aliphatic carbocycles. The van der Waals surface area contributed by atoms with Gasteiger partial charge in [-0.05, 0) is 18.8 Å². The molecule has 1 aromatic rings. The zero-order chi connectivity index (χ0) is 13.3. The number of piperidine rings is 1. The second kappa shape index (κ2) is 4.93. The Bertz CT molecular complexity index is 446. The lowest BCUT2D eigenvalue weighted by Gasteiger charge is -2.29. The van der Waals surface area contributed by atoms with E-state index in [9.17, 15) is 9.59 Å². The monoisotopic (exact) mass is 269 g/mol. The first-order valence-corrected chi connectivity index (χ1v) is 6.59. The number of anilines is 1. The van der Waals surface area contributed by atoms with Crippen molar-refractivity contribution in [3.63, 3.8) is 0 Å². The number of hydrogen-bond donors (Lipinski definition) is 2. The molecule has 0 unspecified atom stereocenters. The Hall–Kier alpha value is -1.63. The fraction of sp³-hybridized carbons (Fsp3) is 0.545. The van der Waals surface area contributed by atoms with E-state index in [4.69, 9.17) is 10.8 Å². The second-order valence-corrected chi connectivity index (χ2v) is 5.49. The maximum Gasteiger partial charge on any atom is 0.348 e. The highest BCUT2D eigenvalue weighted by molar-refractivity contribution is 7.17. The molecular weight excluding hydrogens is 254 g/mol. The smallest absolute Gasteiger partial charge is 0.348 e. The minimum Gasteiger partial charge on any atom is -0.477 e. The Kier molecular flexibility index (Phi) is 3.51. The quantitative estimate of drug-likeness (QED) is 0.858. The number of aromatic carboxylic acids is 1. The maximum absolute atomic E-state index is 11.2. The first kappa shape index (κ1) is 12.8. The molecule has 1 fully saturated rings. The molecule has 0 spiro atoms. The van der Waals surface area contributed by atoms with Crippen LogP contribution < -0.4 is 10.6 Å². The molecule has 3 N–H and O–H groups in total. The van der Waals surface area contributed by atoms with Gasteiger partial charge >= 0.3 is 5.97 Å². The summed E-state index contributed by atoms with van der Waals surface area (Å²) in [5, 5.41) is 9.59. The van der Waals surface area contributed by atoms with Gasteiger partial charge in [-0.1, -0.05) is 18.3 Å². The summed E-state index contributed by atoms with van der Waals surface area (Å²) in [7, 11) is 0. The highest BCUT2D eigenvalue weighted by atomic mass is 32.1. The summed E-state index contributed by atoms with van der Waals surface area (Å²) in [6.45, 7) is 3.87. The number of amides is 1. The van der Waals surface area contributed by atoms with Crippen LogP contribution in [-0.4, -0.2) is 35.1 Å². The second-order valence-electron chi connectivity index (χ2n) is 4.51. The van der Waals surface area contributed by atoms with E-state index in [2.05, 4.69) is 11.9 Å². The third kappa shape index (κ3) is 2.45. The molecule has 0 radical (unpaired) electrons. The van der Waals surface area contributed by atoms with Crippen molar-refractivity contribution in [1.82, 2.24) is 4.98 Å². The summed E-state index contributed by atoms with van der Waals surface area (Å²) < 4.78 is 0. The molecule has 1 amide bonds. The van der Waals surface area contributed by atoms with Crippen LogP contribution in [0.1, 0.15) is 39.9 Å². The molecule has 1 aliphatic heterocycles. The summed E-state index contributed by atoms with van der Waals surface area (Å²) in [6, 6.07) is 0. The maximum atomic E-state index is 11.2. The zero-order valence-electron chi connectivity index (χ0n) is 10.0. The lowest BCUT2D eigenvalue weighted by atomic mass is 10.00. The third-order valence-electron chi connectivity index (χ3n) is 3.10. The van der Waals surface area contributed by atoms with Crippen molar-refractivity contribution in [2.75, 3.05) is 18.0 Å². The fourth-order valence-corrected chi connectivity index (χ4v) is 2.92. The number of rotatable bonds is 3. The predicted molar refractivity (Wildman–Crippen MR) is 68.2 cm³/mol. The Morgan fingerprint density at radius 2 is 2.06 bits per heavy atom. The normalized spacial score (nSPS) is 16.8. The van der Waals surface area contributed by atoms with E-state index in [0.29, 0.717) is 11.0 Å². The molecule has 1 aromatic heterocycles. The van der Waals surface area contributed by atoms with Gasteiger partial charge in [0, 0.05) is 13.1 Å². The highest BCUT2D eigenvalue weighted by Gasteiger charge is 2.25. The molecule has 0 bridgehead atoms. The molecular formula is C11H15N3O3S. The average molecular weight is 269 g/mol. The molecule has 1 saturated heterocycles. The molecule has 0 saturated carbocycles. The SMILES string of the molecule is CC1CCN(c2nc(C(N)=O)c(C(=O)O)s2)CC1. The third-order valence-corrected chi connectivity index (χ3v) is 4.20. The van der Waals surface area contributed by atoms with Crippen molar-refractivity contribution in [3.05, 3.63) is 10.6 Å². The highest BCUT2D eigenvalue weighted by Crippen LogP contribution is 2.29. The van der Waals surface area contributed by atoms with Crippen molar-refractivity contribution < 1.29 is 14.7 Å². The van der Waals surface area contributed by atoms with Crippen LogP contribution in [0.5, 0.6) is 0 Å². The number of carbonyl (C=O) groups is 2. The van der Waals surface area contributed by atoms with Crippen molar-refractivity contribution in [3.8, 4) is 0 Å². The minimum absolute atomic E-state index is 0.0730. The summed E-state index contributed by atoms with van der Waals surface area (Å²) in [5.41, 5.74) is 5.00. The van der Waals surface area contributed by atoms with E-state index in [0.717, 1.165) is 37.3 Å². The number of carboxylic acid groups (broad SMARTS) is 1. The molecule has 0 atom stereocenters. The van der Waals surface area contributed by atoms with Crippen LogP contribution in [0.25, 0.3) is 0 Å². The van der Waals surface area contributed by atoms with Crippen molar-refractivity contribution in [2.45, 2.75) is 19.8 Å². The van der Waals surface area contributed by atoms with Gasteiger partial charge in [-0.15, -0.1) is 0 Å². The van der Waals surface area contributed by atoms with Crippen LogP contribution in [0.3, 0.4) is 0 Å². The number of thiazole rings is 1. The van der Waals surface area contributed by atoms with Gasteiger partial charge in [-0.3, -0.25) is 4.79 Å². The molecule has 1 aliphatic rings. The van der Waals surface area contributed by atoms with Crippen LogP contribution in [-0.2, 0) is 0 Å². The number of nitrogens with zero attached hydrogens (tertiary/aromatic N) is 2. The molecule has 2 heterocycles. The fourth-order valence-electron chi connectivity index (χ4n) is 1.96. The number of aromatic nitrogens is 1. The Morgan fingerprint density at radius 3 is 2.50 bits per heavy atom. The van der Waals surface area contributed by atoms with Crippen molar-refractivity contribution in [2.24, 2.45) is 11.7 Å². The molecule has 6 nitrogen and oxygen atoms in total. The first-order valence-electron chi connectivity index (χ1n) is 5.78. The van der Waals surface area contributed by atoms with Gasteiger partial charge < -0.3 is 15.7 Å². The van der Waals surface area contributed by atoms with Crippen LogP contribution in [0, 0.1) is 5.92 Å². The molecule has 98 valence electrons.